The number of hydrogen-bond acceptors (Lipinski definition) is 3. The minimum absolute atomic E-state index is 0.440. The molecule has 2 aromatic rings. The van der Waals surface area contributed by atoms with Gasteiger partial charge in [-0.3, -0.25) is 4.98 Å². The van der Waals surface area contributed by atoms with Crippen LogP contribution in [0.15, 0.2) is 24.3 Å². The van der Waals surface area contributed by atoms with Crippen LogP contribution in [-0.2, 0) is 0 Å². The van der Waals surface area contributed by atoms with Gasteiger partial charge in [0.1, 0.15) is 0 Å². The van der Waals surface area contributed by atoms with Crippen molar-refractivity contribution in [1.29, 1.82) is 0 Å². The molecule has 0 atom stereocenters. The van der Waals surface area contributed by atoms with Gasteiger partial charge in [0.2, 0.25) is 0 Å². The molecule has 0 saturated heterocycles. The molecule has 0 spiro atoms. The van der Waals surface area contributed by atoms with E-state index in [0.717, 1.165) is 16.9 Å². The van der Waals surface area contributed by atoms with Gasteiger partial charge in [0.15, 0.2) is 0 Å². The summed E-state index contributed by atoms with van der Waals surface area (Å²) in [7, 11) is 6.06. The van der Waals surface area contributed by atoms with Crippen molar-refractivity contribution in [2.75, 3.05) is 31.4 Å². The van der Waals surface area contributed by atoms with Crippen LogP contribution in [0.2, 0.25) is 0 Å². The number of nitrogens with zero attached hydrogens (tertiary/aromatic N) is 2. The molecule has 2 rings (SSSR count). The first-order valence-corrected chi connectivity index (χ1v) is 6.32. The third kappa shape index (κ3) is 2.26. The maximum atomic E-state index is 4.73. The largest absolute Gasteiger partial charge is 0.388 e. The monoisotopic (exact) mass is 243 g/mol. The van der Waals surface area contributed by atoms with Crippen molar-refractivity contribution in [3.63, 3.8) is 0 Å². The Kier molecular flexibility index (Phi) is 3.41. The lowest BCUT2D eigenvalue weighted by Crippen LogP contribution is -2.08. The highest BCUT2D eigenvalue weighted by Crippen LogP contribution is 2.29. The first kappa shape index (κ1) is 12.7. The molecule has 0 aliphatic rings. The Hall–Kier alpha value is -1.77. The molecule has 3 heteroatoms. The van der Waals surface area contributed by atoms with Gasteiger partial charge >= 0.3 is 0 Å². The van der Waals surface area contributed by atoms with E-state index in [2.05, 4.69) is 62.4 Å². The molecule has 1 heterocycles. The molecule has 18 heavy (non-hydrogen) atoms. The summed E-state index contributed by atoms with van der Waals surface area (Å²) in [6.07, 6.45) is 0. The SMILES string of the molecule is CNc1cc(C(C)C)nc2ccc(N(C)C)cc12. The third-order valence-corrected chi connectivity index (χ3v) is 3.19. The number of rotatable bonds is 3. The van der Waals surface area contributed by atoms with Gasteiger partial charge in [0.05, 0.1) is 5.52 Å². The summed E-state index contributed by atoms with van der Waals surface area (Å²) in [5.74, 6) is 0.440. The van der Waals surface area contributed by atoms with Crippen LogP contribution in [-0.4, -0.2) is 26.1 Å². The van der Waals surface area contributed by atoms with Gasteiger partial charge in [0.25, 0.3) is 0 Å². The Morgan fingerprint density at radius 1 is 1.17 bits per heavy atom. The van der Waals surface area contributed by atoms with Gasteiger partial charge in [-0.1, -0.05) is 13.8 Å². The second-order valence-corrected chi connectivity index (χ2v) is 5.10. The van der Waals surface area contributed by atoms with Crippen molar-refractivity contribution in [3.8, 4) is 0 Å². The third-order valence-electron chi connectivity index (χ3n) is 3.19. The predicted octanol–water partition coefficient (Wildman–Crippen LogP) is 3.47. The lowest BCUT2D eigenvalue weighted by atomic mass is 10.1. The van der Waals surface area contributed by atoms with Crippen LogP contribution >= 0.6 is 0 Å². The fourth-order valence-corrected chi connectivity index (χ4v) is 2.02. The van der Waals surface area contributed by atoms with Crippen LogP contribution < -0.4 is 10.2 Å². The van der Waals surface area contributed by atoms with Crippen molar-refractivity contribution >= 4 is 22.3 Å². The normalized spacial score (nSPS) is 11.0. The summed E-state index contributed by atoms with van der Waals surface area (Å²) in [4.78, 5) is 6.83. The molecule has 0 bridgehead atoms. The molecule has 0 radical (unpaired) electrons. The molecule has 0 aliphatic heterocycles. The van der Waals surface area contributed by atoms with E-state index >= 15 is 0 Å². The van der Waals surface area contributed by atoms with E-state index in [-0.39, 0.29) is 0 Å². The zero-order valence-corrected chi connectivity index (χ0v) is 11.8. The predicted molar refractivity (Wildman–Crippen MR) is 79.7 cm³/mol. The lowest BCUT2D eigenvalue weighted by Gasteiger charge is -2.16. The molecule has 1 N–H and O–H groups in total. The van der Waals surface area contributed by atoms with Crippen LogP contribution in [0.3, 0.4) is 0 Å². The van der Waals surface area contributed by atoms with Gasteiger partial charge in [-0.25, -0.2) is 0 Å². The van der Waals surface area contributed by atoms with E-state index in [1.807, 2.05) is 7.05 Å². The smallest absolute Gasteiger partial charge is 0.0727 e. The second kappa shape index (κ2) is 4.84. The molecule has 0 amide bonds. The molecule has 1 aromatic heterocycles. The Balaban J connectivity index is 2.67. The minimum atomic E-state index is 0.440. The number of nitrogens with one attached hydrogen (secondary N) is 1. The number of hydrogen-bond donors (Lipinski definition) is 1. The van der Waals surface area contributed by atoms with Crippen molar-refractivity contribution in [1.82, 2.24) is 4.98 Å². The fraction of sp³-hybridized carbons (Fsp3) is 0.400. The zero-order chi connectivity index (χ0) is 13.3. The van der Waals surface area contributed by atoms with Gasteiger partial charge in [0, 0.05) is 43.6 Å². The van der Waals surface area contributed by atoms with Crippen LogP contribution in [0.1, 0.15) is 25.5 Å². The maximum absolute atomic E-state index is 4.73. The Morgan fingerprint density at radius 2 is 1.89 bits per heavy atom. The van der Waals surface area contributed by atoms with E-state index < -0.39 is 0 Å². The summed E-state index contributed by atoms with van der Waals surface area (Å²) in [5.41, 5.74) is 4.52. The van der Waals surface area contributed by atoms with Gasteiger partial charge in [-0.15, -0.1) is 0 Å². The Morgan fingerprint density at radius 3 is 2.44 bits per heavy atom. The molecule has 0 saturated carbocycles. The quantitative estimate of drug-likeness (QED) is 0.894. The average Bonchev–Trinajstić information content (AvgIpc) is 2.36. The molecule has 96 valence electrons. The van der Waals surface area contributed by atoms with Crippen LogP contribution in [0.5, 0.6) is 0 Å². The number of benzene rings is 1. The number of pyridine rings is 1. The standard InChI is InChI=1S/C15H21N3/c1-10(2)14-9-15(16-3)12-8-11(18(4)5)6-7-13(12)17-14/h6-10H,1-5H3,(H,16,17). The summed E-state index contributed by atoms with van der Waals surface area (Å²) < 4.78 is 0. The number of fused-ring (bicyclic) bond motifs is 1. The molecule has 1 aromatic carbocycles. The van der Waals surface area contributed by atoms with Crippen molar-refractivity contribution in [3.05, 3.63) is 30.0 Å². The second-order valence-electron chi connectivity index (χ2n) is 5.10. The minimum Gasteiger partial charge on any atom is -0.388 e. The van der Waals surface area contributed by atoms with E-state index in [1.165, 1.54) is 11.1 Å². The summed E-state index contributed by atoms with van der Waals surface area (Å²) in [6.45, 7) is 4.34. The summed E-state index contributed by atoms with van der Waals surface area (Å²) >= 11 is 0. The van der Waals surface area contributed by atoms with Crippen molar-refractivity contribution < 1.29 is 0 Å². The molecule has 3 nitrogen and oxygen atoms in total. The highest BCUT2D eigenvalue weighted by molar-refractivity contribution is 5.93. The Labute approximate surface area is 109 Å². The zero-order valence-electron chi connectivity index (χ0n) is 11.8. The highest BCUT2D eigenvalue weighted by atomic mass is 15.1. The number of aromatic nitrogens is 1. The summed E-state index contributed by atoms with van der Waals surface area (Å²) in [6, 6.07) is 8.53. The van der Waals surface area contributed by atoms with Crippen LogP contribution in [0.4, 0.5) is 11.4 Å². The van der Waals surface area contributed by atoms with Gasteiger partial charge in [-0.05, 0) is 30.2 Å². The van der Waals surface area contributed by atoms with Crippen molar-refractivity contribution in [2.24, 2.45) is 0 Å². The van der Waals surface area contributed by atoms with Gasteiger partial charge in [-0.2, -0.15) is 0 Å². The molecule has 0 unspecified atom stereocenters. The topological polar surface area (TPSA) is 28.2 Å². The molecule has 0 aliphatic carbocycles. The first-order chi connectivity index (χ1) is 8.52. The van der Waals surface area contributed by atoms with E-state index in [9.17, 15) is 0 Å². The molecular formula is C15H21N3. The van der Waals surface area contributed by atoms with Crippen LogP contribution in [0, 0.1) is 0 Å². The lowest BCUT2D eigenvalue weighted by molar-refractivity contribution is 0.830. The number of anilines is 2. The Bertz CT molecular complexity index is 559. The van der Waals surface area contributed by atoms with E-state index in [1.54, 1.807) is 0 Å². The first-order valence-electron chi connectivity index (χ1n) is 6.32. The average molecular weight is 243 g/mol. The summed E-state index contributed by atoms with van der Waals surface area (Å²) in [5, 5.41) is 4.45. The van der Waals surface area contributed by atoms with Crippen molar-refractivity contribution in [2.45, 2.75) is 19.8 Å². The van der Waals surface area contributed by atoms with E-state index in [0.29, 0.717) is 5.92 Å². The molecule has 0 fully saturated rings. The van der Waals surface area contributed by atoms with Gasteiger partial charge < -0.3 is 10.2 Å². The molecular weight excluding hydrogens is 222 g/mol. The highest BCUT2D eigenvalue weighted by Gasteiger charge is 2.08. The van der Waals surface area contributed by atoms with E-state index in [4.69, 9.17) is 4.98 Å². The maximum Gasteiger partial charge on any atom is 0.0727 e. The fourth-order valence-electron chi connectivity index (χ4n) is 2.02. The van der Waals surface area contributed by atoms with Crippen LogP contribution in [0.25, 0.3) is 10.9 Å².